The van der Waals surface area contributed by atoms with Crippen LogP contribution in [-0.2, 0) is 0 Å². The Kier molecular flexibility index (Phi) is 4.61. The summed E-state index contributed by atoms with van der Waals surface area (Å²) in [6.07, 6.45) is 4.58. The molecule has 2 N–H and O–H groups in total. The normalized spacial score (nSPS) is 25.3. The first-order valence-corrected chi connectivity index (χ1v) is 13.3. The number of fused-ring (bicyclic) bond motifs is 3. The number of H-pyrrole nitrogens is 1. The van der Waals surface area contributed by atoms with Gasteiger partial charge in [-0.3, -0.25) is 9.89 Å². The van der Waals surface area contributed by atoms with E-state index >= 15 is 0 Å². The van der Waals surface area contributed by atoms with Gasteiger partial charge in [0.15, 0.2) is 5.69 Å². The van der Waals surface area contributed by atoms with Crippen LogP contribution in [-0.4, -0.2) is 54.3 Å². The molecule has 2 aliphatic rings. The van der Waals surface area contributed by atoms with Crippen molar-refractivity contribution in [3.8, 4) is 11.5 Å². The molecule has 2 unspecified atom stereocenters. The molecule has 6 heteroatoms. The molecule has 2 saturated heterocycles. The molecule has 2 bridgehead atoms. The first-order valence-electron chi connectivity index (χ1n) is 9.84. The summed E-state index contributed by atoms with van der Waals surface area (Å²) in [5.41, 5.74) is 5.69. The Labute approximate surface area is 161 Å². The number of carbonyl (C=O) groups excluding carboxylic acids is 1. The smallest absolute Gasteiger partial charge is 0.272 e. The van der Waals surface area contributed by atoms with E-state index in [1.54, 1.807) is 0 Å². The average molecular weight is 381 g/mol. The highest BCUT2D eigenvalue weighted by atomic mass is 28.3. The van der Waals surface area contributed by atoms with E-state index < -0.39 is 8.07 Å². The zero-order chi connectivity index (χ0) is 19.2. The molecule has 0 saturated carbocycles. The van der Waals surface area contributed by atoms with E-state index in [-0.39, 0.29) is 11.9 Å². The summed E-state index contributed by atoms with van der Waals surface area (Å²) in [5, 5.41) is 11.4. The first-order chi connectivity index (χ1) is 12.8. The van der Waals surface area contributed by atoms with Crippen LogP contribution in [0.25, 0.3) is 10.9 Å². The second kappa shape index (κ2) is 6.81. The zero-order valence-electron chi connectivity index (χ0n) is 16.6. The molecule has 2 aromatic rings. The average Bonchev–Trinajstić information content (AvgIpc) is 3.09. The fraction of sp³-hybridized carbons (Fsp3) is 0.524. The molecule has 27 heavy (non-hydrogen) atoms. The third-order valence-corrected chi connectivity index (χ3v) is 6.67. The quantitative estimate of drug-likeness (QED) is 0.621. The van der Waals surface area contributed by atoms with Crippen molar-refractivity contribution in [1.29, 1.82) is 0 Å². The van der Waals surface area contributed by atoms with Gasteiger partial charge >= 0.3 is 0 Å². The molecule has 142 valence electrons. The van der Waals surface area contributed by atoms with Crippen molar-refractivity contribution in [2.45, 2.75) is 63.4 Å². The molecule has 0 spiro atoms. The molecule has 1 aromatic carbocycles. The molecule has 3 heterocycles. The zero-order valence-corrected chi connectivity index (χ0v) is 17.6. The van der Waals surface area contributed by atoms with Crippen molar-refractivity contribution in [1.82, 2.24) is 20.4 Å². The third-order valence-electron chi connectivity index (χ3n) is 5.79. The molecule has 1 amide bonds. The monoisotopic (exact) mass is 380 g/mol. The van der Waals surface area contributed by atoms with Gasteiger partial charge in [0, 0.05) is 29.1 Å². The van der Waals surface area contributed by atoms with Gasteiger partial charge in [0.2, 0.25) is 0 Å². The van der Waals surface area contributed by atoms with E-state index in [9.17, 15) is 4.79 Å². The lowest BCUT2D eigenvalue weighted by Gasteiger charge is -2.36. The van der Waals surface area contributed by atoms with Crippen LogP contribution in [0.3, 0.4) is 0 Å². The van der Waals surface area contributed by atoms with Crippen molar-refractivity contribution in [3.63, 3.8) is 0 Å². The van der Waals surface area contributed by atoms with Gasteiger partial charge in [-0.25, -0.2) is 0 Å². The topological polar surface area (TPSA) is 61.0 Å². The van der Waals surface area contributed by atoms with E-state index in [2.05, 4.69) is 58.6 Å². The molecule has 1 aromatic heterocycles. The highest BCUT2D eigenvalue weighted by Crippen LogP contribution is 2.34. The molecule has 2 aliphatic heterocycles. The van der Waals surface area contributed by atoms with E-state index in [0.29, 0.717) is 17.8 Å². The summed E-state index contributed by atoms with van der Waals surface area (Å²) < 4.78 is 0. The Balaban J connectivity index is 1.50. The number of nitrogens with one attached hydrogen (secondary N) is 2. The predicted molar refractivity (Wildman–Crippen MR) is 111 cm³/mol. The van der Waals surface area contributed by atoms with Crippen LogP contribution in [0.4, 0.5) is 0 Å². The van der Waals surface area contributed by atoms with E-state index in [0.717, 1.165) is 29.3 Å². The van der Waals surface area contributed by atoms with Crippen LogP contribution in [0, 0.1) is 11.5 Å². The van der Waals surface area contributed by atoms with Gasteiger partial charge in [0.1, 0.15) is 8.07 Å². The molecule has 5 nitrogen and oxygen atoms in total. The van der Waals surface area contributed by atoms with E-state index in [4.69, 9.17) is 0 Å². The molecular formula is C21H28N4OSi. The SMILES string of the molecule is CN1C2CCC1CC(NC(=O)c1n[nH]c3cc(C#C[Si](C)(C)C)ccc13)C2. The van der Waals surface area contributed by atoms with Crippen molar-refractivity contribution >= 4 is 24.9 Å². The van der Waals surface area contributed by atoms with Gasteiger partial charge in [-0.15, -0.1) is 5.54 Å². The molecule has 0 aliphatic carbocycles. The van der Waals surface area contributed by atoms with Crippen LogP contribution < -0.4 is 5.32 Å². The summed E-state index contributed by atoms with van der Waals surface area (Å²) >= 11 is 0. The van der Waals surface area contributed by atoms with Crippen LogP contribution in [0.2, 0.25) is 19.6 Å². The predicted octanol–water partition coefficient (Wildman–Crippen LogP) is 3.15. The number of aromatic nitrogens is 2. The number of piperidine rings is 1. The summed E-state index contributed by atoms with van der Waals surface area (Å²) in [4.78, 5) is 15.3. The number of aromatic amines is 1. The Bertz CT molecular complexity index is 919. The molecular weight excluding hydrogens is 352 g/mol. The second-order valence-electron chi connectivity index (χ2n) is 9.02. The van der Waals surface area contributed by atoms with Crippen LogP contribution in [0.15, 0.2) is 18.2 Å². The van der Waals surface area contributed by atoms with Crippen LogP contribution in [0.1, 0.15) is 41.7 Å². The lowest BCUT2D eigenvalue weighted by atomic mass is 9.98. The number of hydrogen-bond donors (Lipinski definition) is 2. The maximum atomic E-state index is 12.8. The summed E-state index contributed by atoms with van der Waals surface area (Å²) in [5.74, 6) is 3.19. The molecule has 0 radical (unpaired) electrons. The minimum Gasteiger partial charge on any atom is -0.348 e. The number of benzene rings is 1. The highest BCUT2D eigenvalue weighted by Gasteiger charge is 2.39. The van der Waals surface area contributed by atoms with Crippen LogP contribution >= 0.6 is 0 Å². The first kappa shape index (κ1) is 18.3. The Hall–Kier alpha value is -2.10. The van der Waals surface area contributed by atoms with E-state index in [1.165, 1.54) is 12.8 Å². The van der Waals surface area contributed by atoms with Gasteiger partial charge in [0.25, 0.3) is 5.91 Å². The number of amides is 1. The van der Waals surface area contributed by atoms with Crippen molar-refractivity contribution < 1.29 is 4.79 Å². The number of rotatable bonds is 2. The van der Waals surface area contributed by atoms with Crippen LogP contribution in [0.5, 0.6) is 0 Å². The molecule has 2 fully saturated rings. The highest BCUT2D eigenvalue weighted by molar-refractivity contribution is 6.83. The minimum absolute atomic E-state index is 0.0730. The summed E-state index contributed by atoms with van der Waals surface area (Å²) in [7, 11) is 0.802. The lowest BCUT2D eigenvalue weighted by molar-refractivity contribution is 0.0879. The van der Waals surface area contributed by atoms with Crippen molar-refractivity contribution in [2.24, 2.45) is 0 Å². The second-order valence-corrected chi connectivity index (χ2v) is 13.8. The number of carbonyl (C=O) groups is 1. The number of nitrogens with zero attached hydrogens (tertiary/aromatic N) is 2. The maximum absolute atomic E-state index is 12.8. The van der Waals surface area contributed by atoms with Gasteiger partial charge in [0.05, 0.1) is 5.52 Å². The number of hydrogen-bond acceptors (Lipinski definition) is 3. The minimum atomic E-state index is -1.41. The standard InChI is InChI=1S/C21H28N4OSi/c1-25-16-6-7-17(25)13-15(12-16)22-21(26)20-18-8-5-14(9-10-27(2,3)4)11-19(18)23-24-20/h5,8,11,15-17H,6-7,12-13H2,1-4H3,(H,22,26)(H,23,24). The fourth-order valence-corrected chi connectivity index (χ4v) is 4.83. The van der Waals surface area contributed by atoms with E-state index in [1.807, 2.05) is 18.2 Å². The largest absolute Gasteiger partial charge is 0.348 e. The Morgan fingerprint density at radius 3 is 2.63 bits per heavy atom. The third kappa shape index (κ3) is 3.80. The van der Waals surface area contributed by atoms with Crippen molar-refractivity contribution in [3.05, 3.63) is 29.5 Å². The Morgan fingerprint density at radius 1 is 1.26 bits per heavy atom. The summed E-state index contributed by atoms with van der Waals surface area (Å²) in [6.45, 7) is 6.69. The summed E-state index contributed by atoms with van der Waals surface area (Å²) in [6, 6.07) is 7.40. The molecule has 4 rings (SSSR count). The Morgan fingerprint density at radius 2 is 1.96 bits per heavy atom. The lowest BCUT2D eigenvalue weighted by Crippen LogP contribution is -2.48. The fourth-order valence-electron chi connectivity index (χ4n) is 4.31. The van der Waals surface area contributed by atoms with Gasteiger partial charge < -0.3 is 10.2 Å². The van der Waals surface area contributed by atoms with Crippen molar-refractivity contribution in [2.75, 3.05) is 7.05 Å². The van der Waals surface area contributed by atoms with Gasteiger partial charge in [-0.2, -0.15) is 5.10 Å². The van der Waals surface area contributed by atoms with Gasteiger partial charge in [-0.05, 0) is 50.9 Å². The van der Waals surface area contributed by atoms with Gasteiger partial charge in [-0.1, -0.05) is 25.6 Å². The molecule has 2 atom stereocenters. The maximum Gasteiger partial charge on any atom is 0.272 e.